The molecule has 0 aliphatic heterocycles. The first-order valence-corrected chi connectivity index (χ1v) is 8.77. The third-order valence-electron chi connectivity index (χ3n) is 3.86. The fourth-order valence-electron chi connectivity index (χ4n) is 2.70. The minimum atomic E-state index is -0.602. The van der Waals surface area contributed by atoms with Crippen LogP contribution in [0.4, 0.5) is 10.5 Å². The molecule has 7 nitrogen and oxygen atoms in total. The SMILES string of the molecule is CC(C)(C)OC(=O)Nc1cnc2[nH]cc(/C=C(\C(N)=O)c3ccccc3)c2c1. The Morgan fingerprint density at radius 1 is 1.21 bits per heavy atom. The van der Waals surface area contributed by atoms with Gasteiger partial charge in [-0.25, -0.2) is 9.78 Å². The Bertz CT molecular complexity index is 1050. The number of benzene rings is 1. The van der Waals surface area contributed by atoms with Gasteiger partial charge in [0, 0.05) is 22.7 Å². The molecule has 144 valence electrons. The molecule has 0 aliphatic carbocycles. The second-order valence-corrected chi connectivity index (χ2v) is 7.28. The zero-order valence-corrected chi connectivity index (χ0v) is 15.9. The van der Waals surface area contributed by atoms with E-state index in [4.69, 9.17) is 10.5 Å². The zero-order chi connectivity index (χ0) is 20.3. The number of primary amides is 1. The number of anilines is 1. The van der Waals surface area contributed by atoms with Crippen molar-refractivity contribution in [3.8, 4) is 0 Å². The number of nitrogens with one attached hydrogen (secondary N) is 2. The molecule has 0 unspecified atom stereocenters. The van der Waals surface area contributed by atoms with E-state index in [0.29, 0.717) is 16.9 Å². The van der Waals surface area contributed by atoms with Crippen molar-refractivity contribution in [3.63, 3.8) is 0 Å². The number of carbonyl (C=O) groups excluding carboxylic acids is 2. The topological polar surface area (TPSA) is 110 Å². The van der Waals surface area contributed by atoms with Crippen LogP contribution >= 0.6 is 0 Å². The first kappa shape index (κ1) is 19.2. The van der Waals surface area contributed by atoms with Crippen molar-refractivity contribution in [3.05, 3.63) is 59.9 Å². The van der Waals surface area contributed by atoms with Crippen LogP contribution in [0.15, 0.2) is 48.8 Å². The highest BCUT2D eigenvalue weighted by Crippen LogP contribution is 2.25. The Morgan fingerprint density at radius 3 is 2.57 bits per heavy atom. The highest BCUT2D eigenvalue weighted by atomic mass is 16.6. The smallest absolute Gasteiger partial charge is 0.412 e. The molecule has 2 aromatic heterocycles. The Balaban J connectivity index is 1.96. The van der Waals surface area contributed by atoms with Crippen molar-refractivity contribution < 1.29 is 14.3 Å². The Labute approximate surface area is 162 Å². The van der Waals surface area contributed by atoms with Crippen LogP contribution in [0.3, 0.4) is 0 Å². The van der Waals surface area contributed by atoms with E-state index in [2.05, 4.69) is 15.3 Å². The summed E-state index contributed by atoms with van der Waals surface area (Å²) in [6, 6.07) is 10.9. The molecule has 3 aromatic rings. The number of ether oxygens (including phenoxy) is 1. The molecule has 0 saturated carbocycles. The number of amides is 2. The number of nitrogens with zero attached hydrogens (tertiary/aromatic N) is 1. The molecule has 0 radical (unpaired) electrons. The van der Waals surface area contributed by atoms with Gasteiger partial charge in [0.1, 0.15) is 11.2 Å². The lowest BCUT2D eigenvalue weighted by Crippen LogP contribution is -2.27. The molecule has 2 heterocycles. The van der Waals surface area contributed by atoms with Crippen LogP contribution in [0, 0.1) is 0 Å². The van der Waals surface area contributed by atoms with Crippen LogP contribution < -0.4 is 11.1 Å². The summed E-state index contributed by atoms with van der Waals surface area (Å²) in [4.78, 5) is 31.3. The fraction of sp³-hybridized carbons (Fsp3) is 0.190. The number of aromatic nitrogens is 2. The lowest BCUT2D eigenvalue weighted by molar-refractivity contribution is -0.112. The van der Waals surface area contributed by atoms with E-state index < -0.39 is 17.6 Å². The molecule has 1 aromatic carbocycles. The average molecular weight is 378 g/mol. The summed E-state index contributed by atoms with van der Waals surface area (Å²) < 4.78 is 5.26. The lowest BCUT2D eigenvalue weighted by Gasteiger charge is -2.19. The molecular formula is C21H22N4O3. The molecule has 7 heteroatoms. The van der Waals surface area contributed by atoms with Crippen molar-refractivity contribution >= 4 is 40.4 Å². The van der Waals surface area contributed by atoms with Gasteiger partial charge in [0.25, 0.3) is 0 Å². The van der Waals surface area contributed by atoms with Crippen molar-refractivity contribution in [2.24, 2.45) is 5.73 Å². The second-order valence-electron chi connectivity index (χ2n) is 7.28. The molecule has 0 spiro atoms. The molecular weight excluding hydrogens is 356 g/mol. The first-order chi connectivity index (χ1) is 13.2. The van der Waals surface area contributed by atoms with Crippen LogP contribution in [0.2, 0.25) is 0 Å². The van der Waals surface area contributed by atoms with E-state index in [1.54, 1.807) is 39.1 Å². The van der Waals surface area contributed by atoms with Crippen molar-refractivity contribution in [2.75, 3.05) is 5.32 Å². The number of nitrogens with two attached hydrogens (primary N) is 1. The summed E-state index contributed by atoms with van der Waals surface area (Å²) in [5.74, 6) is -0.531. The highest BCUT2D eigenvalue weighted by molar-refractivity contribution is 6.24. The lowest BCUT2D eigenvalue weighted by atomic mass is 10.0. The predicted molar refractivity (Wildman–Crippen MR) is 109 cm³/mol. The largest absolute Gasteiger partial charge is 0.444 e. The van der Waals surface area contributed by atoms with Gasteiger partial charge in [0.15, 0.2) is 0 Å². The number of pyridine rings is 1. The summed E-state index contributed by atoms with van der Waals surface area (Å²) in [6.07, 6.45) is 4.40. The Morgan fingerprint density at radius 2 is 1.93 bits per heavy atom. The number of H-pyrrole nitrogens is 1. The highest BCUT2D eigenvalue weighted by Gasteiger charge is 2.17. The van der Waals surface area contributed by atoms with E-state index in [0.717, 1.165) is 16.5 Å². The molecule has 4 N–H and O–H groups in total. The molecule has 3 rings (SSSR count). The third-order valence-corrected chi connectivity index (χ3v) is 3.86. The van der Waals surface area contributed by atoms with E-state index in [9.17, 15) is 9.59 Å². The quantitative estimate of drug-likeness (QED) is 0.597. The summed E-state index contributed by atoms with van der Waals surface area (Å²) in [6.45, 7) is 5.37. The molecule has 0 saturated heterocycles. The molecule has 2 amide bonds. The molecule has 28 heavy (non-hydrogen) atoms. The molecule has 0 aliphatic rings. The van der Waals surface area contributed by atoms with Gasteiger partial charge in [0.2, 0.25) is 5.91 Å². The van der Waals surface area contributed by atoms with Gasteiger partial charge in [-0.1, -0.05) is 30.3 Å². The normalized spacial score (nSPS) is 12.0. The number of aromatic amines is 1. The summed E-state index contributed by atoms with van der Waals surface area (Å²) >= 11 is 0. The molecule has 0 bridgehead atoms. The summed E-state index contributed by atoms with van der Waals surface area (Å²) in [5.41, 5.74) is 7.92. The number of hydrogen-bond donors (Lipinski definition) is 3. The number of hydrogen-bond acceptors (Lipinski definition) is 4. The van der Waals surface area contributed by atoms with Crippen molar-refractivity contribution in [1.82, 2.24) is 9.97 Å². The maximum atomic E-state index is 12.0. The van der Waals surface area contributed by atoms with E-state index in [1.807, 2.05) is 30.3 Å². The summed E-state index contributed by atoms with van der Waals surface area (Å²) in [5, 5.41) is 3.40. The van der Waals surface area contributed by atoms with Crippen LogP contribution in [-0.2, 0) is 9.53 Å². The van der Waals surface area contributed by atoms with E-state index >= 15 is 0 Å². The third kappa shape index (κ3) is 4.56. The molecule has 0 fully saturated rings. The van der Waals surface area contributed by atoms with Gasteiger partial charge in [-0.3, -0.25) is 10.1 Å². The Kier molecular flexibility index (Phi) is 5.17. The Hall–Kier alpha value is -3.61. The van der Waals surface area contributed by atoms with E-state index in [-0.39, 0.29) is 0 Å². The summed E-state index contributed by atoms with van der Waals surface area (Å²) in [7, 11) is 0. The minimum absolute atomic E-state index is 0.381. The first-order valence-electron chi connectivity index (χ1n) is 8.77. The monoisotopic (exact) mass is 378 g/mol. The van der Waals surface area contributed by atoms with Gasteiger partial charge in [0.05, 0.1) is 11.9 Å². The van der Waals surface area contributed by atoms with Gasteiger partial charge < -0.3 is 15.5 Å². The van der Waals surface area contributed by atoms with Crippen LogP contribution in [0.5, 0.6) is 0 Å². The van der Waals surface area contributed by atoms with Crippen LogP contribution in [-0.4, -0.2) is 27.6 Å². The maximum absolute atomic E-state index is 12.0. The van der Waals surface area contributed by atoms with Crippen molar-refractivity contribution in [1.29, 1.82) is 0 Å². The van der Waals surface area contributed by atoms with Gasteiger partial charge in [-0.05, 0) is 38.5 Å². The number of rotatable bonds is 4. The minimum Gasteiger partial charge on any atom is -0.444 e. The van der Waals surface area contributed by atoms with Crippen LogP contribution in [0.25, 0.3) is 22.7 Å². The second kappa shape index (κ2) is 7.56. The van der Waals surface area contributed by atoms with Gasteiger partial charge in [-0.2, -0.15) is 0 Å². The van der Waals surface area contributed by atoms with Gasteiger partial charge >= 0.3 is 6.09 Å². The van der Waals surface area contributed by atoms with Crippen LogP contribution in [0.1, 0.15) is 31.9 Å². The maximum Gasteiger partial charge on any atom is 0.412 e. The number of carbonyl (C=O) groups is 2. The van der Waals surface area contributed by atoms with E-state index in [1.165, 1.54) is 6.20 Å². The number of fused-ring (bicyclic) bond motifs is 1. The average Bonchev–Trinajstić information content (AvgIpc) is 3.00. The molecule has 0 atom stereocenters. The van der Waals surface area contributed by atoms with Gasteiger partial charge in [-0.15, -0.1) is 0 Å². The standard InChI is InChI=1S/C21H22N4O3/c1-21(2,3)28-20(27)25-15-10-17-14(11-23-19(17)24-12-15)9-16(18(22)26)13-7-5-4-6-8-13/h4-12H,1-3H3,(H2,22,26)(H,23,24)(H,25,27)/b16-9-. The predicted octanol–water partition coefficient (Wildman–Crippen LogP) is 3.94. The fourth-order valence-corrected chi connectivity index (χ4v) is 2.70. The van der Waals surface area contributed by atoms with Crippen molar-refractivity contribution in [2.45, 2.75) is 26.4 Å². The zero-order valence-electron chi connectivity index (χ0n) is 15.9.